The Hall–Kier alpha value is -0.860. The van der Waals surface area contributed by atoms with E-state index in [1.54, 1.807) is 11.8 Å². The van der Waals surface area contributed by atoms with Crippen molar-refractivity contribution < 1.29 is 13.2 Å². The minimum absolute atomic E-state index is 0. The largest absolute Gasteiger partial charge is 0.341 e. The summed E-state index contributed by atoms with van der Waals surface area (Å²) in [5.74, 6) is 0.667. The molecule has 2 aliphatic rings. The van der Waals surface area contributed by atoms with E-state index in [2.05, 4.69) is 10.0 Å². The molecule has 0 aromatic heterocycles. The van der Waals surface area contributed by atoms with Gasteiger partial charge in [-0.25, -0.2) is 8.42 Å². The number of benzene rings is 1. The number of sulfonamides is 1. The maximum absolute atomic E-state index is 12.6. The topological polar surface area (TPSA) is 78.5 Å². The quantitative estimate of drug-likeness (QED) is 0.688. The number of piperidine rings is 1. The number of nitrogens with one attached hydrogen (secondary N) is 2. The van der Waals surface area contributed by atoms with Crippen LogP contribution in [0.25, 0.3) is 0 Å². The van der Waals surface area contributed by atoms with Gasteiger partial charge in [-0.05, 0) is 69.3 Å². The van der Waals surface area contributed by atoms with Crippen LogP contribution in [0.4, 0.5) is 0 Å². The maximum Gasteiger partial charge on any atom is 0.241 e. The van der Waals surface area contributed by atoms with E-state index in [1.807, 2.05) is 0 Å². The van der Waals surface area contributed by atoms with Crippen LogP contribution >= 0.6 is 24.0 Å². The van der Waals surface area contributed by atoms with Gasteiger partial charge in [-0.15, -0.1) is 12.4 Å². The summed E-state index contributed by atoms with van der Waals surface area (Å²) in [6.45, 7) is 3.99. The molecule has 1 heterocycles. The SMILES string of the molecule is CC(NS(=O)(=O)c1ccc(Cl)cc1)C(=O)N1CCC(NCC2CC2)CC1.Cl. The van der Waals surface area contributed by atoms with Crippen LogP contribution < -0.4 is 10.0 Å². The monoisotopic (exact) mass is 435 g/mol. The van der Waals surface area contributed by atoms with Gasteiger partial charge in [0.2, 0.25) is 15.9 Å². The van der Waals surface area contributed by atoms with Gasteiger partial charge >= 0.3 is 0 Å². The Morgan fingerprint density at radius 3 is 2.33 bits per heavy atom. The summed E-state index contributed by atoms with van der Waals surface area (Å²) in [5, 5.41) is 4.04. The van der Waals surface area contributed by atoms with Gasteiger partial charge in [0.05, 0.1) is 10.9 Å². The lowest BCUT2D eigenvalue weighted by molar-refractivity contribution is -0.133. The molecule has 9 heteroatoms. The summed E-state index contributed by atoms with van der Waals surface area (Å²) in [7, 11) is -3.75. The second-order valence-electron chi connectivity index (χ2n) is 7.25. The van der Waals surface area contributed by atoms with Crippen LogP contribution in [0.1, 0.15) is 32.6 Å². The highest BCUT2D eigenvalue weighted by Gasteiger charge is 2.29. The molecule has 2 N–H and O–H groups in total. The highest BCUT2D eigenvalue weighted by molar-refractivity contribution is 7.89. The van der Waals surface area contributed by atoms with Crippen molar-refractivity contribution in [3.63, 3.8) is 0 Å². The van der Waals surface area contributed by atoms with Crippen molar-refractivity contribution in [2.75, 3.05) is 19.6 Å². The van der Waals surface area contributed by atoms with Gasteiger partial charge in [0.1, 0.15) is 0 Å². The lowest BCUT2D eigenvalue weighted by atomic mass is 10.0. The van der Waals surface area contributed by atoms with Gasteiger partial charge in [-0.3, -0.25) is 4.79 Å². The minimum Gasteiger partial charge on any atom is -0.341 e. The number of carbonyl (C=O) groups excluding carboxylic acids is 1. The first-order valence-electron chi connectivity index (χ1n) is 9.15. The normalized spacial score (nSPS) is 19.4. The van der Waals surface area contributed by atoms with Crippen molar-refractivity contribution in [2.45, 2.75) is 49.6 Å². The lowest BCUT2D eigenvalue weighted by Crippen LogP contribution is -2.51. The molecular weight excluding hydrogens is 409 g/mol. The predicted molar refractivity (Wildman–Crippen MR) is 109 cm³/mol. The van der Waals surface area contributed by atoms with E-state index >= 15 is 0 Å². The van der Waals surface area contributed by atoms with Crippen LogP contribution in [0.2, 0.25) is 5.02 Å². The Balaban J connectivity index is 0.00000261. The van der Waals surface area contributed by atoms with Gasteiger partial charge in [-0.2, -0.15) is 4.72 Å². The lowest BCUT2D eigenvalue weighted by Gasteiger charge is -2.34. The highest BCUT2D eigenvalue weighted by atomic mass is 35.5. The molecule has 27 heavy (non-hydrogen) atoms. The molecule has 6 nitrogen and oxygen atoms in total. The highest BCUT2D eigenvalue weighted by Crippen LogP contribution is 2.28. The summed E-state index contributed by atoms with van der Waals surface area (Å²) in [6.07, 6.45) is 4.48. The molecule has 1 unspecified atom stereocenters. The molecule has 152 valence electrons. The molecule has 1 atom stereocenters. The molecule has 1 saturated carbocycles. The third-order valence-electron chi connectivity index (χ3n) is 5.03. The fourth-order valence-electron chi connectivity index (χ4n) is 3.20. The second kappa shape index (κ2) is 9.56. The van der Waals surface area contributed by atoms with Crippen LogP contribution in [0.5, 0.6) is 0 Å². The second-order valence-corrected chi connectivity index (χ2v) is 9.40. The first kappa shape index (κ1) is 22.4. The molecule has 1 amide bonds. The first-order valence-corrected chi connectivity index (χ1v) is 11.0. The molecule has 0 spiro atoms. The number of amides is 1. The van der Waals surface area contributed by atoms with E-state index in [4.69, 9.17) is 11.6 Å². The van der Waals surface area contributed by atoms with Crippen LogP contribution in [-0.4, -0.2) is 50.9 Å². The molecule has 1 aliphatic carbocycles. The molecule has 0 radical (unpaired) electrons. The number of halogens is 2. The van der Waals surface area contributed by atoms with Crippen molar-refractivity contribution >= 4 is 39.9 Å². The van der Waals surface area contributed by atoms with E-state index in [0.29, 0.717) is 24.2 Å². The molecule has 2 fully saturated rings. The molecule has 1 aliphatic heterocycles. The molecular formula is C18H27Cl2N3O3S. The number of hydrogen-bond donors (Lipinski definition) is 2. The maximum atomic E-state index is 12.6. The van der Waals surface area contributed by atoms with E-state index in [0.717, 1.165) is 25.3 Å². The Bertz CT molecular complexity index is 731. The van der Waals surface area contributed by atoms with Crippen molar-refractivity contribution in [3.05, 3.63) is 29.3 Å². The Morgan fingerprint density at radius 1 is 1.19 bits per heavy atom. The van der Waals surface area contributed by atoms with Crippen LogP contribution in [0, 0.1) is 5.92 Å². The number of hydrogen-bond acceptors (Lipinski definition) is 4. The summed E-state index contributed by atoms with van der Waals surface area (Å²) < 4.78 is 27.3. The average molecular weight is 436 g/mol. The van der Waals surface area contributed by atoms with Crippen LogP contribution in [0.3, 0.4) is 0 Å². The average Bonchev–Trinajstić information content (AvgIpc) is 3.44. The third kappa shape index (κ3) is 6.32. The summed E-state index contributed by atoms with van der Waals surface area (Å²) >= 11 is 5.79. The Labute approximate surface area is 172 Å². The van der Waals surface area contributed by atoms with E-state index in [1.165, 1.54) is 37.1 Å². The van der Waals surface area contributed by atoms with Crippen molar-refractivity contribution in [1.82, 2.24) is 14.9 Å². The van der Waals surface area contributed by atoms with E-state index in [-0.39, 0.29) is 23.2 Å². The zero-order valence-electron chi connectivity index (χ0n) is 15.4. The predicted octanol–water partition coefficient (Wildman–Crippen LogP) is 2.42. The van der Waals surface area contributed by atoms with Crippen molar-refractivity contribution in [3.8, 4) is 0 Å². The first-order chi connectivity index (χ1) is 12.3. The van der Waals surface area contributed by atoms with Gasteiger partial charge in [0.25, 0.3) is 0 Å². The molecule has 1 aromatic rings. The molecule has 3 rings (SSSR count). The summed E-state index contributed by atoms with van der Waals surface area (Å²) in [5.41, 5.74) is 0. The fourth-order valence-corrected chi connectivity index (χ4v) is 4.52. The number of rotatable bonds is 7. The van der Waals surface area contributed by atoms with Crippen LogP contribution in [-0.2, 0) is 14.8 Å². The fraction of sp³-hybridized carbons (Fsp3) is 0.611. The molecule has 0 bridgehead atoms. The van der Waals surface area contributed by atoms with E-state index in [9.17, 15) is 13.2 Å². The van der Waals surface area contributed by atoms with Crippen molar-refractivity contribution in [1.29, 1.82) is 0 Å². The summed E-state index contributed by atoms with van der Waals surface area (Å²) in [4.78, 5) is 14.5. The number of likely N-dealkylation sites (tertiary alicyclic amines) is 1. The Morgan fingerprint density at radius 2 is 1.78 bits per heavy atom. The van der Waals surface area contributed by atoms with Crippen molar-refractivity contribution in [2.24, 2.45) is 5.92 Å². The number of carbonyl (C=O) groups is 1. The van der Waals surface area contributed by atoms with Gasteiger partial charge in [0, 0.05) is 24.2 Å². The van der Waals surface area contributed by atoms with E-state index < -0.39 is 16.1 Å². The van der Waals surface area contributed by atoms with Gasteiger partial charge < -0.3 is 10.2 Å². The summed E-state index contributed by atoms with van der Waals surface area (Å²) in [6, 6.07) is 5.55. The minimum atomic E-state index is -3.75. The Kier molecular flexibility index (Phi) is 7.94. The third-order valence-corrected chi connectivity index (χ3v) is 6.83. The standard InChI is InChI=1S/C18H26ClN3O3S.ClH/c1-13(21-26(24,25)17-6-4-15(19)5-7-17)18(23)22-10-8-16(9-11-22)20-12-14-2-3-14;/h4-7,13-14,16,20-21H,2-3,8-12H2,1H3;1H. The van der Waals surface area contributed by atoms with Gasteiger partial charge in [0.15, 0.2) is 0 Å². The zero-order chi connectivity index (χ0) is 18.7. The smallest absolute Gasteiger partial charge is 0.241 e. The number of nitrogens with zero attached hydrogens (tertiary/aromatic N) is 1. The zero-order valence-corrected chi connectivity index (χ0v) is 17.7. The molecule has 1 aromatic carbocycles. The van der Waals surface area contributed by atoms with Gasteiger partial charge in [-0.1, -0.05) is 11.6 Å². The molecule has 1 saturated heterocycles. The van der Waals surface area contributed by atoms with Crippen LogP contribution in [0.15, 0.2) is 29.2 Å².